The van der Waals surface area contributed by atoms with E-state index >= 15 is 0 Å². The maximum absolute atomic E-state index is 12.8. The number of benzene rings is 1. The van der Waals surface area contributed by atoms with Crippen molar-refractivity contribution >= 4 is 19.9 Å². The van der Waals surface area contributed by atoms with Crippen LogP contribution in [0.2, 0.25) is 0 Å². The molecule has 0 spiro atoms. The molecule has 1 heterocycles. The maximum atomic E-state index is 12.8. The van der Waals surface area contributed by atoms with Gasteiger partial charge in [-0.15, -0.1) is 0 Å². The summed E-state index contributed by atoms with van der Waals surface area (Å²) in [6.45, 7) is 7.62. The van der Waals surface area contributed by atoms with Gasteiger partial charge in [0.15, 0.2) is 9.84 Å². The molecule has 6 nitrogen and oxygen atoms in total. The standard InChI is InChI=1S/C15H23NO5S2/c1-5-22(17,18)13-6-8-14(9-7-13)23(19,20)16-10-12(2)21-15(3,4)11-16/h6-9,12H,5,10-11H2,1-4H3. The molecular formula is C15H23NO5S2. The first-order valence-corrected chi connectivity index (χ1v) is 10.6. The number of ether oxygens (including phenoxy) is 1. The molecule has 1 unspecified atom stereocenters. The van der Waals surface area contributed by atoms with Gasteiger partial charge in [0, 0.05) is 13.1 Å². The van der Waals surface area contributed by atoms with Crippen molar-refractivity contribution in [3.63, 3.8) is 0 Å². The van der Waals surface area contributed by atoms with Crippen LogP contribution < -0.4 is 0 Å². The molecule has 1 aliphatic heterocycles. The van der Waals surface area contributed by atoms with Gasteiger partial charge in [0.2, 0.25) is 10.0 Å². The topological polar surface area (TPSA) is 80.8 Å². The molecule has 1 aromatic rings. The zero-order chi connectivity index (χ0) is 17.5. The van der Waals surface area contributed by atoms with E-state index in [-0.39, 0.29) is 34.7 Å². The summed E-state index contributed by atoms with van der Waals surface area (Å²) in [6.07, 6.45) is -0.201. The van der Waals surface area contributed by atoms with E-state index in [9.17, 15) is 16.8 Å². The zero-order valence-electron chi connectivity index (χ0n) is 13.8. The molecule has 1 fully saturated rings. The Kier molecular flexibility index (Phi) is 4.92. The highest BCUT2D eigenvalue weighted by atomic mass is 32.2. The van der Waals surface area contributed by atoms with E-state index < -0.39 is 25.5 Å². The van der Waals surface area contributed by atoms with Crippen LogP contribution in [0.1, 0.15) is 27.7 Å². The molecule has 130 valence electrons. The molecular weight excluding hydrogens is 338 g/mol. The van der Waals surface area contributed by atoms with Gasteiger partial charge >= 0.3 is 0 Å². The van der Waals surface area contributed by atoms with Crippen LogP contribution >= 0.6 is 0 Å². The molecule has 0 aliphatic carbocycles. The van der Waals surface area contributed by atoms with Gasteiger partial charge in [-0.05, 0) is 45.0 Å². The number of hydrogen-bond acceptors (Lipinski definition) is 5. The number of hydrogen-bond donors (Lipinski definition) is 0. The van der Waals surface area contributed by atoms with Crippen LogP contribution in [-0.4, -0.2) is 51.7 Å². The first-order valence-electron chi connectivity index (χ1n) is 7.49. The Bertz CT molecular complexity index is 767. The Morgan fingerprint density at radius 3 is 2.13 bits per heavy atom. The predicted octanol–water partition coefficient (Wildman–Crippen LogP) is 1.67. The smallest absolute Gasteiger partial charge is 0.243 e. The van der Waals surface area contributed by atoms with Gasteiger partial charge in [0.1, 0.15) is 0 Å². The zero-order valence-corrected chi connectivity index (χ0v) is 15.4. The van der Waals surface area contributed by atoms with Crippen LogP contribution in [0.5, 0.6) is 0 Å². The van der Waals surface area contributed by atoms with E-state index in [1.807, 2.05) is 20.8 Å². The van der Waals surface area contributed by atoms with Gasteiger partial charge in [0.05, 0.1) is 27.2 Å². The van der Waals surface area contributed by atoms with Crippen molar-refractivity contribution in [2.45, 2.75) is 49.2 Å². The first-order chi connectivity index (χ1) is 10.5. The fourth-order valence-corrected chi connectivity index (χ4v) is 5.26. The predicted molar refractivity (Wildman–Crippen MR) is 87.6 cm³/mol. The molecule has 0 aromatic heterocycles. The summed E-state index contributed by atoms with van der Waals surface area (Å²) in [6, 6.07) is 5.40. The molecule has 1 saturated heterocycles. The third kappa shape index (κ3) is 3.93. The van der Waals surface area contributed by atoms with Gasteiger partial charge in [-0.3, -0.25) is 0 Å². The molecule has 2 rings (SSSR count). The van der Waals surface area contributed by atoms with Gasteiger partial charge in [-0.2, -0.15) is 4.31 Å². The maximum Gasteiger partial charge on any atom is 0.243 e. The van der Waals surface area contributed by atoms with Crippen LogP contribution in [0.4, 0.5) is 0 Å². The van der Waals surface area contributed by atoms with Crippen molar-refractivity contribution < 1.29 is 21.6 Å². The second-order valence-electron chi connectivity index (χ2n) is 6.36. The number of sulfonamides is 1. The van der Waals surface area contributed by atoms with E-state index in [0.29, 0.717) is 0 Å². The van der Waals surface area contributed by atoms with Crippen LogP contribution in [0.25, 0.3) is 0 Å². The van der Waals surface area contributed by atoms with E-state index in [1.165, 1.54) is 28.6 Å². The van der Waals surface area contributed by atoms with Crippen molar-refractivity contribution in [3.05, 3.63) is 24.3 Å². The molecule has 23 heavy (non-hydrogen) atoms. The number of sulfone groups is 1. The number of rotatable bonds is 4. The fourth-order valence-electron chi connectivity index (χ4n) is 2.71. The highest BCUT2D eigenvalue weighted by Crippen LogP contribution is 2.27. The summed E-state index contributed by atoms with van der Waals surface area (Å²) in [4.78, 5) is 0.229. The second-order valence-corrected chi connectivity index (χ2v) is 10.6. The van der Waals surface area contributed by atoms with E-state index in [2.05, 4.69) is 0 Å². The largest absolute Gasteiger partial charge is 0.370 e. The van der Waals surface area contributed by atoms with Gasteiger partial charge in [-0.1, -0.05) is 6.92 Å². The summed E-state index contributed by atoms with van der Waals surface area (Å²) >= 11 is 0. The molecule has 1 aliphatic rings. The highest BCUT2D eigenvalue weighted by molar-refractivity contribution is 7.91. The quantitative estimate of drug-likeness (QED) is 0.815. The van der Waals surface area contributed by atoms with Gasteiger partial charge < -0.3 is 4.74 Å². The summed E-state index contributed by atoms with van der Waals surface area (Å²) in [5, 5.41) is 0. The lowest BCUT2D eigenvalue weighted by Gasteiger charge is -2.40. The Labute approximate surface area is 138 Å². The summed E-state index contributed by atoms with van der Waals surface area (Å²) in [5.74, 6) is -0.0196. The molecule has 0 radical (unpaired) electrons. The molecule has 1 atom stereocenters. The number of morpholine rings is 1. The van der Waals surface area contributed by atoms with E-state index in [4.69, 9.17) is 4.74 Å². The average molecular weight is 361 g/mol. The lowest BCUT2D eigenvalue weighted by molar-refractivity contribution is -0.109. The van der Waals surface area contributed by atoms with Crippen LogP contribution in [0.15, 0.2) is 34.1 Å². The van der Waals surface area contributed by atoms with Crippen molar-refractivity contribution in [2.75, 3.05) is 18.8 Å². The first kappa shape index (κ1) is 18.4. The third-order valence-electron chi connectivity index (χ3n) is 3.74. The Morgan fingerprint density at radius 1 is 1.13 bits per heavy atom. The number of nitrogens with zero attached hydrogens (tertiary/aromatic N) is 1. The monoisotopic (exact) mass is 361 g/mol. The second kappa shape index (κ2) is 6.16. The lowest BCUT2D eigenvalue weighted by Crippen LogP contribution is -2.53. The van der Waals surface area contributed by atoms with Crippen LogP contribution in [0.3, 0.4) is 0 Å². The molecule has 0 amide bonds. The average Bonchev–Trinajstić information content (AvgIpc) is 2.45. The highest BCUT2D eigenvalue weighted by Gasteiger charge is 2.37. The minimum Gasteiger partial charge on any atom is -0.370 e. The Hall–Kier alpha value is -0.960. The van der Waals surface area contributed by atoms with E-state index in [1.54, 1.807) is 6.92 Å². The van der Waals surface area contributed by atoms with Crippen molar-refractivity contribution in [1.29, 1.82) is 0 Å². The molecule has 8 heteroatoms. The molecule has 0 N–H and O–H groups in total. The summed E-state index contributed by atoms with van der Waals surface area (Å²) in [5.41, 5.74) is -0.559. The van der Waals surface area contributed by atoms with Gasteiger partial charge in [0.25, 0.3) is 0 Å². The molecule has 0 bridgehead atoms. The van der Waals surface area contributed by atoms with Crippen LogP contribution in [0, 0.1) is 0 Å². The lowest BCUT2D eigenvalue weighted by atomic mass is 10.1. The molecule has 1 aromatic carbocycles. The minimum atomic E-state index is -3.68. The Balaban J connectivity index is 2.33. The minimum absolute atomic E-state index is 0.0196. The summed E-state index contributed by atoms with van der Waals surface area (Å²) < 4.78 is 56.3. The molecule has 0 saturated carbocycles. The van der Waals surface area contributed by atoms with Crippen molar-refractivity contribution in [1.82, 2.24) is 4.31 Å². The Morgan fingerprint density at radius 2 is 1.65 bits per heavy atom. The van der Waals surface area contributed by atoms with Crippen LogP contribution in [-0.2, 0) is 24.6 Å². The SMILES string of the molecule is CCS(=O)(=O)c1ccc(S(=O)(=O)N2CC(C)OC(C)(C)C2)cc1. The van der Waals surface area contributed by atoms with Crippen molar-refractivity contribution in [3.8, 4) is 0 Å². The van der Waals surface area contributed by atoms with Gasteiger partial charge in [-0.25, -0.2) is 16.8 Å². The van der Waals surface area contributed by atoms with Crippen molar-refractivity contribution in [2.24, 2.45) is 0 Å². The third-order valence-corrected chi connectivity index (χ3v) is 7.32. The van der Waals surface area contributed by atoms with E-state index in [0.717, 1.165) is 0 Å². The normalized spacial score (nSPS) is 22.9. The summed E-state index contributed by atoms with van der Waals surface area (Å²) in [7, 11) is -7.02. The fraction of sp³-hybridized carbons (Fsp3) is 0.600.